The summed E-state index contributed by atoms with van der Waals surface area (Å²) in [6.45, 7) is 3.16. The fourth-order valence-corrected chi connectivity index (χ4v) is 3.29. The molecular weight excluding hydrogens is 258 g/mol. The van der Waals surface area contributed by atoms with E-state index in [4.69, 9.17) is 0 Å². The largest absolute Gasteiger partial charge is 0.382 e. The Morgan fingerprint density at radius 2 is 2.05 bits per heavy atom. The predicted octanol–water partition coefficient (Wildman–Crippen LogP) is 4.31. The lowest BCUT2D eigenvalue weighted by molar-refractivity contribution is 0.330. The summed E-state index contributed by atoms with van der Waals surface area (Å²) in [6.07, 6.45) is 10.5. The Bertz CT molecular complexity index is 539. The van der Waals surface area contributed by atoms with E-state index in [0.29, 0.717) is 6.04 Å². The quantitative estimate of drug-likeness (QED) is 0.886. The van der Waals surface area contributed by atoms with Gasteiger partial charge in [-0.1, -0.05) is 25.5 Å². The molecule has 3 rings (SSSR count). The van der Waals surface area contributed by atoms with Crippen LogP contribution in [0.5, 0.6) is 0 Å². The topological polar surface area (TPSA) is 29.9 Å². The van der Waals surface area contributed by atoms with Crippen molar-refractivity contribution >= 4 is 5.69 Å². The fraction of sp³-hybridized carbons (Fsp3) is 0.500. The van der Waals surface area contributed by atoms with Gasteiger partial charge in [0.05, 0.1) is 6.54 Å². The van der Waals surface area contributed by atoms with Crippen molar-refractivity contribution in [1.82, 2.24) is 9.78 Å². The molecule has 0 unspecified atom stereocenters. The summed E-state index contributed by atoms with van der Waals surface area (Å²) < 4.78 is 1.96. The summed E-state index contributed by atoms with van der Waals surface area (Å²) in [5.74, 6) is 0.953. The molecule has 1 aromatic carbocycles. The third-order valence-electron chi connectivity index (χ3n) is 4.63. The second kappa shape index (κ2) is 6.79. The minimum absolute atomic E-state index is 0.646. The summed E-state index contributed by atoms with van der Waals surface area (Å²) >= 11 is 0. The van der Waals surface area contributed by atoms with E-state index in [0.717, 1.165) is 12.5 Å². The first-order valence-corrected chi connectivity index (χ1v) is 8.16. The number of rotatable bonds is 5. The van der Waals surface area contributed by atoms with Gasteiger partial charge >= 0.3 is 0 Å². The van der Waals surface area contributed by atoms with Gasteiger partial charge in [0.25, 0.3) is 0 Å². The van der Waals surface area contributed by atoms with Crippen LogP contribution in [-0.2, 0) is 6.54 Å². The van der Waals surface area contributed by atoms with E-state index < -0.39 is 0 Å². The molecule has 0 spiro atoms. The van der Waals surface area contributed by atoms with Crippen LogP contribution in [0.15, 0.2) is 42.7 Å². The number of benzene rings is 1. The van der Waals surface area contributed by atoms with Crippen molar-refractivity contribution in [2.75, 3.05) is 5.32 Å². The molecule has 3 heteroatoms. The van der Waals surface area contributed by atoms with Crippen LogP contribution >= 0.6 is 0 Å². The number of aromatic nitrogens is 2. The van der Waals surface area contributed by atoms with Crippen molar-refractivity contribution in [1.29, 1.82) is 0 Å². The molecule has 1 heterocycles. The van der Waals surface area contributed by atoms with E-state index in [9.17, 15) is 0 Å². The van der Waals surface area contributed by atoms with Gasteiger partial charge in [-0.2, -0.15) is 5.10 Å². The zero-order valence-electron chi connectivity index (χ0n) is 12.8. The van der Waals surface area contributed by atoms with Crippen LogP contribution in [0.25, 0.3) is 0 Å². The molecule has 0 saturated heterocycles. The van der Waals surface area contributed by atoms with Crippen molar-refractivity contribution in [2.24, 2.45) is 5.92 Å². The molecule has 1 aromatic heterocycles. The van der Waals surface area contributed by atoms with E-state index in [2.05, 4.69) is 41.6 Å². The van der Waals surface area contributed by atoms with E-state index in [1.54, 1.807) is 0 Å². The van der Waals surface area contributed by atoms with Crippen molar-refractivity contribution in [3.63, 3.8) is 0 Å². The Hall–Kier alpha value is -1.77. The molecular formula is C18H25N3. The second-order valence-electron chi connectivity index (χ2n) is 6.17. The molecule has 2 aromatic rings. The lowest BCUT2D eigenvalue weighted by Gasteiger charge is -2.29. The molecule has 0 bridgehead atoms. The molecule has 112 valence electrons. The maximum atomic E-state index is 4.27. The maximum absolute atomic E-state index is 4.27. The fourth-order valence-electron chi connectivity index (χ4n) is 3.29. The van der Waals surface area contributed by atoms with Crippen LogP contribution in [0.4, 0.5) is 5.69 Å². The predicted molar refractivity (Wildman–Crippen MR) is 87.4 cm³/mol. The summed E-state index contributed by atoms with van der Waals surface area (Å²) in [7, 11) is 0. The molecule has 0 aliphatic heterocycles. The Balaban J connectivity index is 1.58. The van der Waals surface area contributed by atoms with E-state index in [1.807, 2.05) is 23.1 Å². The van der Waals surface area contributed by atoms with Gasteiger partial charge in [0.2, 0.25) is 0 Å². The highest BCUT2D eigenvalue weighted by Crippen LogP contribution is 2.28. The first-order valence-electron chi connectivity index (χ1n) is 8.16. The van der Waals surface area contributed by atoms with Gasteiger partial charge in [-0.05, 0) is 55.4 Å². The summed E-state index contributed by atoms with van der Waals surface area (Å²) in [6, 6.07) is 11.4. The third-order valence-corrected chi connectivity index (χ3v) is 4.63. The Morgan fingerprint density at radius 3 is 2.76 bits per heavy atom. The maximum Gasteiger partial charge on any atom is 0.0660 e. The smallest absolute Gasteiger partial charge is 0.0660 e. The van der Waals surface area contributed by atoms with Crippen LogP contribution in [0.1, 0.15) is 44.6 Å². The Labute approximate surface area is 127 Å². The van der Waals surface area contributed by atoms with Crippen LogP contribution in [0, 0.1) is 5.92 Å². The van der Waals surface area contributed by atoms with Gasteiger partial charge in [-0.3, -0.25) is 4.68 Å². The van der Waals surface area contributed by atoms with Crippen molar-refractivity contribution in [2.45, 2.75) is 51.6 Å². The number of hydrogen-bond donors (Lipinski definition) is 1. The Morgan fingerprint density at radius 1 is 1.19 bits per heavy atom. The molecule has 1 aliphatic rings. The second-order valence-corrected chi connectivity index (χ2v) is 6.17. The molecule has 1 aliphatic carbocycles. The minimum atomic E-state index is 0.646. The average Bonchev–Trinajstić information content (AvgIpc) is 3.01. The van der Waals surface area contributed by atoms with Crippen molar-refractivity contribution in [3.8, 4) is 0 Å². The van der Waals surface area contributed by atoms with Crippen molar-refractivity contribution < 1.29 is 0 Å². The number of nitrogens with zero attached hydrogens (tertiary/aromatic N) is 2. The van der Waals surface area contributed by atoms with Crippen LogP contribution < -0.4 is 5.32 Å². The standard InChI is InChI=1S/C18H25N3/c1-2-15-7-9-17(10-8-15)20-18-6-3-5-16(13-18)14-21-12-4-11-19-21/h3-6,11-13,15,17,20H,2,7-10,14H2,1H3. The van der Waals surface area contributed by atoms with E-state index >= 15 is 0 Å². The third kappa shape index (κ3) is 3.87. The van der Waals surface area contributed by atoms with Gasteiger partial charge < -0.3 is 5.32 Å². The molecule has 0 amide bonds. The average molecular weight is 283 g/mol. The van der Waals surface area contributed by atoms with Crippen LogP contribution in [-0.4, -0.2) is 15.8 Å². The number of nitrogens with one attached hydrogen (secondary N) is 1. The van der Waals surface area contributed by atoms with Gasteiger partial charge in [-0.25, -0.2) is 0 Å². The first-order chi connectivity index (χ1) is 10.3. The number of hydrogen-bond acceptors (Lipinski definition) is 2. The minimum Gasteiger partial charge on any atom is -0.382 e. The molecule has 3 nitrogen and oxygen atoms in total. The van der Waals surface area contributed by atoms with Gasteiger partial charge in [-0.15, -0.1) is 0 Å². The molecule has 21 heavy (non-hydrogen) atoms. The molecule has 1 fully saturated rings. The highest BCUT2D eigenvalue weighted by molar-refractivity contribution is 5.46. The monoisotopic (exact) mass is 283 g/mol. The zero-order valence-corrected chi connectivity index (χ0v) is 12.8. The summed E-state index contributed by atoms with van der Waals surface area (Å²) in [5, 5.41) is 7.99. The van der Waals surface area contributed by atoms with Gasteiger partial charge in [0.15, 0.2) is 0 Å². The first kappa shape index (κ1) is 14.2. The summed E-state index contributed by atoms with van der Waals surface area (Å²) in [4.78, 5) is 0. The van der Waals surface area contributed by atoms with Gasteiger partial charge in [0.1, 0.15) is 0 Å². The van der Waals surface area contributed by atoms with E-state index in [-0.39, 0.29) is 0 Å². The molecule has 1 saturated carbocycles. The Kier molecular flexibility index (Phi) is 4.59. The van der Waals surface area contributed by atoms with Crippen LogP contribution in [0.3, 0.4) is 0 Å². The van der Waals surface area contributed by atoms with Crippen LogP contribution in [0.2, 0.25) is 0 Å². The molecule has 1 N–H and O–H groups in total. The lowest BCUT2D eigenvalue weighted by atomic mass is 9.84. The normalized spacial score (nSPS) is 22.1. The van der Waals surface area contributed by atoms with E-state index in [1.165, 1.54) is 43.4 Å². The SMILES string of the molecule is CCC1CCC(Nc2cccc(Cn3cccn3)c2)CC1. The molecule has 0 atom stereocenters. The van der Waals surface area contributed by atoms with Crippen molar-refractivity contribution in [3.05, 3.63) is 48.3 Å². The molecule has 0 radical (unpaired) electrons. The number of anilines is 1. The summed E-state index contributed by atoms with van der Waals surface area (Å²) in [5.41, 5.74) is 2.55. The zero-order chi connectivity index (χ0) is 14.5. The highest BCUT2D eigenvalue weighted by atomic mass is 15.3. The highest BCUT2D eigenvalue weighted by Gasteiger charge is 2.19. The lowest BCUT2D eigenvalue weighted by Crippen LogP contribution is -2.25. The van der Waals surface area contributed by atoms with Gasteiger partial charge in [0, 0.05) is 24.1 Å².